The molecule has 1 aromatic rings. The Balaban J connectivity index is 2.27. The second-order valence-electron chi connectivity index (χ2n) is 5.21. The molecule has 1 aromatic heterocycles. The van der Waals surface area contributed by atoms with Crippen molar-refractivity contribution >= 4 is 21.6 Å². The third kappa shape index (κ3) is 2.84. The Labute approximate surface area is 121 Å². The summed E-state index contributed by atoms with van der Waals surface area (Å²) in [5.41, 5.74) is 0.479. The quantitative estimate of drug-likeness (QED) is 0.921. The molecule has 2 atom stereocenters. The highest BCUT2D eigenvalue weighted by atomic mass is 79.9. The molecule has 19 heavy (non-hydrogen) atoms. The van der Waals surface area contributed by atoms with Crippen LogP contribution in [-0.4, -0.2) is 28.0 Å². The highest BCUT2D eigenvalue weighted by Crippen LogP contribution is 2.31. The van der Waals surface area contributed by atoms with Crippen molar-refractivity contribution in [2.45, 2.75) is 51.8 Å². The van der Waals surface area contributed by atoms with Gasteiger partial charge in [0.05, 0.1) is 23.5 Å². The molecule has 6 heteroatoms. The number of halogens is 1. The Bertz CT molecular complexity index is 517. The van der Waals surface area contributed by atoms with Crippen molar-refractivity contribution in [1.82, 2.24) is 9.78 Å². The van der Waals surface area contributed by atoms with Crippen LogP contribution < -0.4 is 10.9 Å². The average Bonchev–Trinajstić information content (AvgIpc) is 2.70. The van der Waals surface area contributed by atoms with Crippen LogP contribution in [0.5, 0.6) is 0 Å². The van der Waals surface area contributed by atoms with Gasteiger partial charge in [-0.05, 0) is 42.6 Å². The van der Waals surface area contributed by atoms with Crippen LogP contribution in [0.15, 0.2) is 15.5 Å². The van der Waals surface area contributed by atoms with E-state index in [1.165, 1.54) is 4.68 Å². The molecular formula is C13H20BrN3O2. The fourth-order valence-electron chi connectivity index (χ4n) is 2.23. The molecule has 2 rings (SSSR count). The predicted octanol–water partition coefficient (Wildman–Crippen LogP) is 2.40. The minimum atomic E-state index is -0.159. The number of rotatable bonds is 4. The highest BCUT2D eigenvalue weighted by molar-refractivity contribution is 9.10. The zero-order valence-electron chi connectivity index (χ0n) is 11.6. The number of hydrogen-bond acceptors (Lipinski definition) is 4. The lowest BCUT2D eigenvalue weighted by molar-refractivity contribution is 0.105. The van der Waals surface area contributed by atoms with Gasteiger partial charge in [-0.1, -0.05) is 6.92 Å². The van der Waals surface area contributed by atoms with Gasteiger partial charge in [0, 0.05) is 13.2 Å². The average molecular weight is 330 g/mol. The maximum Gasteiger partial charge on any atom is 0.283 e. The summed E-state index contributed by atoms with van der Waals surface area (Å²) in [7, 11) is 0. The second kappa shape index (κ2) is 5.63. The maximum atomic E-state index is 12.1. The van der Waals surface area contributed by atoms with Crippen LogP contribution in [0.4, 0.5) is 5.69 Å². The molecule has 2 unspecified atom stereocenters. The normalized spacial score (nSPS) is 26.6. The maximum absolute atomic E-state index is 12.1. The number of nitrogens with one attached hydrogen (secondary N) is 1. The molecule has 0 bridgehead atoms. The summed E-state index contributed by atoms with van der Waals surface area (Å²) in [6, 6.07) is 0. The lowest BCUT2D eigenvalue weighted by Crippen LogP contribution is -2.42. The fraction of sp³-hybridized carbons (Fsp3) is 0.692. The molecule has 1 N–H and O–H groups in total. The van der Waals surface area contributed by atoms with Crippen LogP contribution in [0.25, 0.3) is 0 Å². The van der Waals surface area contributed by atoms with E-state index in [9.17, 15) is 4.79 Å². The summed E-state index contributed by atoms with van der Waals surface area (Å²) in [6.45, 7) is 7.54. The first-order valence-electron chi connectivity index (χ1n) is 6.63. The third-order valence-electron chi connectivity index (χ3n) is 3.73. The van der Waals surface area contributed by atoms with Crippen molar-refractivity contribution in [3.63, 3.8) is 0 Å². The van der Waals surface area contributed by atoms with E-state index in [0.29, 0.717) is 11.0 Å². The first-order valence-corrected chi connectivity index (χ1v) is 7.42. The first kappa shape index (κ1) is 14.5. The monoisotopic (exact) mass is 329 g/mol. The molecule has 1 fully saturated rings. The van der Waals surface area contributed by atoms with Gasteiger partial charge in [0.15, 0.2) is 0 Å². The number of nitrogens with zero attached hydrogens (tertiary/aromatic N) is 2. The molecule has 5 nitrogen and oxygen atoms in total. The minimum absolute atomic E-state index is 0.0954. The number of ether oxygens (including phenoxy) is 1. The van der Waals surface area contributed by atoms with Gasteiger partial charge in [0.1, 0.15) is 4.47 Å². The van der Waals surface area contributed by atoms with Gasteiger partial charge in [-0.15, -0.1) is 0 Å². The van der Waals surface area contributed by atoms with Crippen molar-refractivity contribution < 1.29 is 4.74 Å². The number of anilines is 1. The van der Waals surface area contributed by atoms with Gasteiger partial charge < -0.3 is 10.1 Å². The topological polar surface area (TPSA) is 56.1 Å². The fourth-order valence-corrected chi connectivity index (χ4v) is 2.64. The molecule has 106 valence electrons. The zero-order valence-corrected chi connectivity index (χ0v) is 13.2. The SMILES string of the molecule is CCCn1ncc(NC2(C)CCOC2C)c(Br)c1=O. The van der Waals surface area contributed by atoms with Crippen molar-refractivity contribution in [3.05, 3.63) is 21.0 Å². The smallest absolute Gasteiger partial charge is 0.283 e. The van der Waals surface area contributed by atoms with Crippen LogP contribution in [0.3, 0.4) is 0 Å². The van der Waals surface area contributed by atoms with E-state index in [-0.39, 0.29) is 17.2 Å². The lowest BCUT2D eigenvalue weighted by atomic mass is 9.94. The van der Waals surface area contributed by atoms with Crippen LogP contribution >= 0.6 is 15.9 Å². The van der Waals surface area contributed by atoms with Gasteiger partial charge in [-0.2, -0.15) is 5.10 Å². The van der Waals surface area contributed by atoms with Crippen molar-refractivity contribution in [2.24, 2.45) is 0 Å². The summed E-state index contributed by atoms with van der Waals surface area (Å²) in [6.07, 6.45) is 3.61. The number of hydrogen-bond donors (Lipinski definition) is 1. The van der Waals surface area contributed by atoms with E-state index in [1.807, 2.05) is 13.8 Å². The zero-order chi connectivity index (χ0) is 14.0. The van der Waals surface area contributed by atoms with E-state index in [2.05, 4.69) is 33.3 Å². The van der Waals surface area contributed by atoms with Crippen molar-refractivity contribution in [2.75, 3.05) is 11.9 Å². The number of aryl methyl sites for hydroxylation is 1. The van der Waals surface area contributed by atoms with Crippen LogP contribution in [-0.2, 0) is 11.3 Å². The molecule has 2 heterocycles. The second-order valence-corrected chi connectivity index (χ2v) is 6.00. The standard InChI is InChI=1S/C13H20BrN3O2/c1-4-6-17-12(18)11(14)10(8-15-17)16-13(3)5-7-19-9(13)2/h8-9,16H,4-7H2,1-3H3. The van der Waals surface area contributed by atoms with E-state index >= 15 is 0 Å². The van der Waals surface area contributed by atoms with E-state index in [0.717, 1.165) is 25.1 Å². The van der Waals surface area contributed by atoms with E-state index < -0.39 is 0 Å². The lowest BCUT2D eigenvalue weighted by Gasteiger charge is -2.30. The third-order valence-corrected chi connectivity index (χ3v) is 4.49. The first-order chi connectivity index (χ1) is 8.98. The summed E-state index contributed by atoms with van der Waals surface area (Å²) in [5.74, 6) is 0. The van der Waals surface area contributed by atoms with Gasteiger partial charge >= 0.3 is 0 Å². The largest absolute Gasteiger partial charge is 0.376 e. The summed E-state index contributed by atoms with van der Waals surface area (Å²) >= 11 is 3.38. The van der Waals surface area contributed by atoms with Crippen LogP contribution in [0.2, 0.25) is 0 Å². The Kier molecular flexibility index (Phi) is 4.30. The molecule has 1 aliphatic heterocycles. The molecule has 0 aliphatic carbocycles. The number of aromatic nitrogens is 2. The Hall–Kier alpha value is -0.880. The summed E-state index contributed by atoms with van der Waals surface area (Å²) < 4.78 is 7.61. The molecular weight excluding hydrogens is 310 g/mol. The molecule has 0 aromatic carbocycles. The molecule has 0 radical (unpaired) electrons. The molecule has 0 saturated carbocycles. The summed E-state index contributed by atoms with van der Waals surface area (Å²) in [5, 5.41) is 7.60. The van der Waals surface area contributed by atoms with Gasteiger partial charge in [0.25, 0.3) is 5.56 Å². The van der Waals surface area contributed by atoms with Crippen molar-refractivity contribution in [1.29, 1.82) is 0 Å². The minimum Gasteiger partial charge on any atom is -0.376 e. The molecule has 1 saturated heterocycles. The molecule has 1 aliphatic rings. The molecule has 0 spiro atoms. The van der Waals surface area contributed by atoms with Crippen LogP contribution in [0.1, 0.15) is 33.6 Å². The van der Waals surface area contributed by atoms with Gasteiger partial charge in [0.2, 0.25) is 0 Å². The predicted molar refractivity (Wildman–Crippen MR) is 78.5 cm³/mol. The summed E-state index contributed by atoms with van der Waals surface area (Å²) in [4.78, 5) is 12.1. The van der Waals surface area contributed by atoms with Gasteiger partial charge in [-0.3, -0.25) is 4.79 Å². The Morgan fingerprint density at radius 2 is 2.42 bits per heavy atom. The Morgan fingerprint density at radius 3 is 3.00 bits per heavy atom. The van der Waals surface area contributed by atoms with Gasteiger partial charge in [-0.25, -0.2) is 4.68 Å². The van der Waals surface area contributed by atoms with Crippen molar-refractivity contribution in [3.8, 4) is 0 Å². The van der Waals surface area contributed by atoms with Crippen LogP contribution in [0, 0.1) is 0 Å². The Morgan fingerprint density at radius 1 is 1.68 bits per heavy atom. The van der Waals surface area contributed by atoms with E-state index in [1.54, 1.807) is 6.20 Å². The highest BCUT2D eigenvalue weighted by Gasteiger charge is 2.37. The molecule has 0 amide bonds. The van der Waals surface area contributed by atoms with E-state index in [4.69, 9.17) is 4.74 Å².